The first-order chi connectivity index (χ1) is 10.2. The fourth-order valence-corrected chi connectivity index (χ4v) is 2.34. The third-order valence-corrected chi connectivity index (χ3v) is 3.46. The molecule has 0 radical (unpaired) electrons. The van der Waals surface area contributed by atoms with Crippen molar-refractivity contribution in [3.8, 4) is 22.5 Å². The molecule has 21 heavy (non-hydrogen) atoms. The summed E-state index contributed by atoms with van der Waals surface area (Å²) in [5.41, 5.74) is 5.99. The summed E-state index contributed by atoms with van der Waals surface area (Å²) in [7, 11) is 0. The van der Waals surface area contributed by atoms with Gasteiger partial charge in [-0.05, 0) is 31.0 Å². The highest BCUT2D eigenvalue weighted by Crippen LogP contribution is 2.32. The first-order valence-corrected chi connectivity index (χ1v) is 6.65. The van der Waals surface area contributed by atoms with Gasteiger partial charge in [-0.25, -0.2) is 4.85 Å². The summed E-state index contributed by atoms with van der Waals surface area (Å²) in [5.74, 6) is 0. The van der Waals surface area contributed by atoms with Gasteiger partial charge in [-0.3, -0.25) is 10.1 Å². The lowest BCUT2D eigenvalue weighted by molar-refractivity contribution is 1.04. The summed E-state index contributed by atoms with van der Waals surface area (Å²) in [5, 5.41) is 7.05. The van der Waals surface area contributed by atoms with Crippen molar-refractivity contribution >= 4 is 5.69 Å². The maximum Gasteiger partial charge on any atom is 0.236 e. The first-order valence-electron chi connectivity index (χ1n) is 6.65. The maximum atomic E-state index is 7.26. The Morgan fingerprint density at radius 1 is 1.14 bits per heavy atom. The zero-order valence-corrected chi connectivity index (χ0v) is 11.9. The van der Waals surface area contributed by atoms with Crippen LogP contribution in [0, 0.1) is 20.4 Å². The largest absolute Gasteiger partial charge is 0.294 e. The Morgan fingerprint density at radius 3 is 2.57 bits per heavy atom. The predicted octanol–water partition coefficient (Wildman–Crippen LogP) is 4.31. The molecule has 0 spiro atoms. The number of nitrogens with one attached hydrogen (secondary N) is 1. The average Bonchev–Trinajstić information content (AvgIpc) is 2.89. The van der Waals surface area contributed by atoms with Crippen molar-refractivity contribution in [2.45, 2.75) is 13.8 Å². The minimum absolute atomic E-state index is 0.536. The Balaban J connectivity index is 2.08. The van der Waals surface area contributed by atoms with E-state index in [9.17, 15) is 0 Å². The number of nitrogens with zero attached hydrogens (tertiary/aromatic N) is 3. The van der Waals surface area contributed by atoms with Gasteiger partial charge in [0.1, 0.15) is 5.69 Å². The van der Waals surface area contributed by atoms with Gasteiger partial charge in [0, 0.05) is 17.5 Å². The van der Waals surface area contributed by atoms with E-state index in [4.69, 9.17) is 6.57 Å². The Bertz CT molecular complexity index is 826. The van der Waals surface area contributed by atoms with Crippen LogP contribution in [0.5, 0.6) is 0 Å². The minimum atomic E-state index is 0.536. The zero-order chi connectivity index (χ0) is 14.8. The molecule has 0 atom stereocenters. The summed E-state index contributed by atoms with van der Waals surface area (Å²) >= 11 is 0. The van der Waals surface area contributed by atoms with Crippen LogP contribution in [-0.4, -0.2) is 15.2 Å². The van der Waals surface area contributed by atoms with E-state index in [0.717, 1.165) is 28.1 Å². The molecule has 0 saturated carbocycles. The number of benzene rings is 1. The molecule has 0 amide bonds. The van der Waals surface area contributed by atoms with Gasteiger partial charge in [-0.15, -0.1) is 0 Å². The molecule has 0 unspecified atom stereocenters. The number of aryl methyl sites for hydroxylation is 2. The van der Waals surface area contributed by atoms with Gasteiger partial charge in [0.05, 0.1) is 12.3 Å². The van der Waals surface area contributed by atoms with Crippen LogP contribution in [0.1, 0.15) is 11.3 Å². The van der Waals surface area contributed by atoms with Crippen molar-refractivity contribution in [2.75, 3.05) is 0 Å². The topological polar surface area (TPSA) is 45.9 Å². The number of aromatic amines is 1. The van der Waals surface area contributed by atoms with Crippen molar-refractivity contribution < 1.29 is 0 Å². The lowest BCUT2D eigenvalue weighted by Gasteiger charge is -2.07. The van der Waals surface area contributed by atoms with E-state index >= 15 is 0 Å². The van der Waals surface area contributed by atoms with Crippen LogP contribution >= 0.6 is 0 Å². The number of H-pyrrole nitrogens is 1. The van der Waals surface area contributed by atoms with Crippen LogP contribution in [0.4, 0.5) is 5.69 Å². The fraction of sp³-hybridized carbons (Fsp3) is 0.118. The second-order valence-corrected chi connectivity index (χ2v) is 4.91. The standard InChI is InChI=1S/C17H14N4/c1-11-9-15(17-16(18-3)12(2)20-21-17)19-10-14(11)13-7-5-4-6-8-13/h4-10H,1-2H3,(H,20,21). The second kappa shape index (κ2) is 5.22. The molecule has 2 aromatic heterocycles. The Kier molecular flexibility index (Phi) is 3.25. The molecule has 0 fully saturated rings. The molecule has 102 valence electrons. The molecule has 3 rings (SSSR count). The van der Waals surface area contributed by atoms with E-state index in [1.54, 1.807) is 0 Å². The molecule has 1 N–H and O–H groups in total. The van der Waals surface area contributed by atoms with Gasteiger partial charge >= 0.3 is 0 Å². The molecule has 0 aliphatic carbocycles. The van der Waals surface area contributed by atoms with Gasteiger partial charge < -0.3 is 0 Å². The van der Waals surface area contributed by atoms with Crippen molar-refractivity contribution in [3.63, 3.8) is 0 Å². The van der Waals surface area contributed by atoms with Crippen molar-refractivity contribution in [1.29, 1.82) is 0 Å². The highest BCUT2D eigenvalue weighted by molar-refractivity contribution is 5.76. The number of aromatic nitrogens is 3. The maximum absolute atomic E-state index is 7.26. The van der Waals surface area contributed by atoms with Gasteiger partial charge in [0.15, 0.2) is 0 Å². The van der Waals surface area contributed by atoms with Crippen molar-refractivity contribution in [1.82, 2.24) is 15.2 Å². The predicted molar refractivity (Wildman–Crippen MR) is 83.0 cm³/mol. The monoisotopic (exact) mass is 274 g/mol. The molecule has 0 bridgehead atoms. The smallest absolute Gasteiger partial charge is 0.236 e. The molecule has 4 nitrogen and oxygen atoms in total. The lowest BCUT2D eigenvalue weighted by Crippen LogP contribution is -1.90. The third-order valence-electron chi connectivity index (χ3n) is 3.46. The summed E-state index contributed by atoms with van der Waals surface area (Å²) in [6.07, 6.45) is 1.84. The van der Waals surface area contributed by atoms with Crippen LogP contribution in [0.15, 0.2) is 42.6 Å². The van der Waals surface area contributed by atoms with E-state index in [-0.39, 0.29) is 0 Å². The number of pyridine rings is 1. The summed E-state index contributed by atoms with van der Waals surface area (Å²) in [6.45, 7) is 11.1. The molecule has 0 aliphatic rings. The van der Waals surface area contributed by atoms with Crippen LogP contribution in [0.25, 0.3) is 27.4 Å². The quantitative estimate of drug-likeness (QED) is 0.708. The van der Waals surface area contributed by atoms with E-state index in [2.05, 4.69) is 32.2 Å². The Labute approximate surface area is 123 Å². The molecule has 3 aromatic rings. The first kappa shape index (κ1) is 13.1. The fourth-order valence-electron chi connectivity index (χ4n) is 2.34. The number of hydrogen-bond acceptors (Lipinski definition) is 2. The van der Waals surface area contributed by atoms with Gasteiger partial charge in [0.25, 0.3) is 0 Å². The second-order valence-electron chi connectivity index (χ2n) is 4.91. The van der Waals surface area contributed by atoms with Crippen molar-refractivity contribution in [2.24, 2.45) is 0 Å². The highest BCUT2D eigenvalue weighted by atomic mass is 15.1. The zero-order valence-electron chi connectivity index (χ0n) is 11.9. The SMILES string of the molecule is [C-]#[N+]c1c(-c2cc(C)c(-c3ccccc3)cn2)n[nH]c1C. The summed E-state index contributed by atoms with van der Waals surface area (Å²) in [4.78, 5) is 8.02. The molecule has 0 saturated heterocycles. The summed E-state index contributed by atoms with van der Waals surface area (Å²) < 4.78 is 0. The molecular formula is C17H14N4. The summed E-state index contributed by atoms with van der Waals surface area (Å²) in [6, 6.07) is 12.1. The Hall–Kier alpha value is -2.93. The molecular weight excluding hydrogens is 260 g/mol. The van der Waals surface area contributed by atoms with E-state index < -0.39 is 0 Å². The van der Waals surface area contributed by atoms with E-state index in [1.807, 2.05) is 44.3 Å². The minimum Gasteiger partial charge on any atom is -0.294 e. The average molecular weight is 274 g/mol. The van der Waals surface area contributed by atoms with Crippen molar-refractivity contribution in [3.05, 3.63) is 65.3 Å². The van der Waals surface area contributed by atoms with Crippen LogP contribution in [0.2, 0.25) is 0 Å². The van der Waals surface area contributed by atoms with Gasteiger partial charge in [-0.1, -0.05) is 30.3 Å². The molecule has 0 aliphatic heterocycles. The van der Waals surface area contributed by atoms with Crippen LogP contribution in [-0.2, 0) is 0 Å². The van der Waals surface area contributed by atoms with E-state index in [0.29, 0.717) is 11.4 Å². The van der Waals surface area contributed by atoms with Crippen LogP contribution in [0.3, 0.4) is 0 Å². The molecule has 4 heteroatoms. The third kappa shape index (κ3) is 2.30. The Morgan fingerprint density at radius 2 is 1.90 bits per heavy atom. The molecule has 2 heterocycles. The number of rotatable bonds is 2. The van der Waals surface area contributed by atoms with Crippen LogP contribution < -0.4 is 0 Å². The molecule has 1 aromatic carbocycles. The van der Waals surface area contributed by atoms with Gasteiger partial charge in [0.2, 0.25) is 5.69 Å². The van der Waals surface area contributed by atoms with E-state index in [1.165, 1.54) is 0 Å². The lowest BCUT2D eigenvalue weighted by atomic mass is 10.0. The highest BCUT2D eigenvalue weighted by Gasteiger charge is 2.14. The number of hydrogen-bond donors (Lipinski definition) is 1. The van der Waals surface area contributed by atoms with Gasteiger partial charge in [-0.2, -0.15) is 5.10 Å². The normalized spacial score (nSPS) is 10.3.